The average molecular weight is 1060 g/mol. The number of rotatable bonds is 50. The lowest BCUT2D eigenvalue weighted by molar-refractivity contribution is -0.359. The maximum Gasteiger partial charge on any atom is 0.220 e. The predicted molar refractivity (Wildman–Crippen MR) is 295 cm³/mol. The Morgan fingerprint density at radius 1 is 0.473 bits per heavy atom. The maximum absolute atomic E-state index is 13.3. The number of hydrogen-bond acceptors (Lipinski definition) is 13. The van der Waals surface area contributed by atoms with Crippen LogP contribution in [-0.4, -0.2) is 140 Å². The van der Waals surface area contributed by atoms with Crippen LogP contribution in [0.15, 0.2) is 12.2 Å². The zero-order valence-corrected chi connectivity index (χ0v) is 47.1. The van der Waals surface area contributed by atoms with Gasteiger partial charge in [0.2, 0.25) is 5.91 Å². The molecule has 2 saturated heterocycles. The van der Waals surface area contributed by atoms with E-state index in [1.54, 1.807) is 6.08 Å². The van der Waals surface area contributed by atoms with Crippen molar-refractivity contribution in [3.63, 3.8) is 0 Å². The highest BCUT2D eigenvalue weighted by Crippen LogP contribution is 2.30. The van der Waals surface area contributed by atoms with E-state index in [1.165, 1.54) is 205 Å². The van der Waals surface area contributed by atoms with Crippen LogP contribution >= 0.6 is 0 Å². The summed E-state index contributed by atoms with van der Waals surface area (Å²) in [4.78, 5) is 13.3. The third kappa shape index (κ3) is 32.0. The topological polar surface area (TPSA) is 228 Å². The second-order valence-corrected chi connectivity index (χ2v) is 22.2. The van der Waals surface area contributed by atoms with Crippen LogP contribution in [0, 0.1) is 0 Å². The Bertz CT molecular complexity index is 1290. The van der Waals surface area contributed by atoms with Crippen LogP contribution in [0.1, 0.15) is 271 Å². The molecule has 14 heteroatoms. The van der Waals surface area contributed by atoms with Gasteiger partial charge in [0.05, 0.1) is 32.0 Å². The van der Waals surface area contributed by atoms with Gasteiger partial charge < -0.3 is 65.1 Å². The summed E-state index contributed by atoms with van der Waals surface area (Å²) in [5, 5.41) is 87.2. The van der Waals surface area contributed by atoms with Crippen molar-refractivity contribution in [2.75, 3.05) is 19.8 Å². The lowest BCUT2D eigenvalue weighted by Crippen LogP contribution is -2.65. The van der Waals surface area contributed by atoms with Crippen molar-refractivity contribution in [2.45, 2.75) is 344 Å². The Balaban J connectivity index is 1.75. The van der Waals surface area contributed by atoms with Gasteiger partial charge in [-0.3, -0.25) is 4.79 Å². The third-order valence-corrected chi connectivity index (χ3v) is 15.5. The first-order valence-corrected chi connectivity index (χ1v) is 30.9. The van der Waals surface area contributed by atoms with Crippen molar-refractivity contribution in [3.8, 4) is 0 Å². The van der Waals surface area contributed by atoms with Crippen LogP contribution in [0.5, 0.6) is 0 Å². The van der Waals surface area contributed by atoms with Crippen molar-refractivity contribution < 1.29 is 64.6 Å². The van der Waals surface area contributed by atoms with Crippen LogP contribution in [-0.2, 0) is 23.7 Å². The van der Waals surface area contributed by atoms with E-state index < -0.39 is 86.8 Å². The van der Waals surface area contributed by atoms with Gasteiger partial charge in [-0.1, -0.05) is 257 Å². The van der Waals surface area contributed by atoms with Crippen LogP contribution in [0.25, 0.3) is 0 Å². The van der Waals surface area contributed by atoms with E-state index in [-0.39, 0.29) is 18.9 Å². The van der Waals surface area contributed by atoms with Crippen molar-refractivity contribution >= 4 is 5.91 Å². The highest BCUT2D eigenvalue weighted by atomic mass is 16.7. The lowest BCUT2D eigenvalue weighted by Gasteiger charge is -2.46. The quantitative estimate of drug-likeness (QED) is 0.0204. The normalized spacial score (nSPS) is 25.2. The Morgan fingerprint density at radius 3 is 1.24 bits per heavy atom. The number of aliphatic hydroxyl groups is 8. The molecule has 0 spiro atoms. The molecule has 0 aromatic rings. The largest absolute Gasteiger partial charge is 0.394 e. The van der Waals surface area contributed by atoms with Crippen LogP contribution in [0.2, 0.25) is 0 Å². The van der Waals surface area contributed by atoms with Gasteiger partial charge in [0.15, 0.2) is 12.6 Å². The Labute approximate surface area is 450 Å². The first-order valence-electron chi connectivity index (χ1n) is 30.9. The number of carbonyl (C=O) groups is 1. The van der Waals surface area contributed by atoms with Crippen molar-refractivity contribution in [1.29, 1.82) is 0 Å². The summed E-state index contributed by atoms with van der Waals surface area (Å²) in [6.45, 7) is 2.84. The maximum atomic E-state index is 13.3. The summed E-state index contributed by atoms with van der Waals surface area (Å²) in [6.07, 6.45) is 36.7. The number of unbranched alkanes of at least 4 members (excludes halogenated alkanes) is 37. The molecule has 2 aliphatic heterocycles. The van der Waals surface area contributed by atoms with E-state index in [9.17, 15) is 45.6 Å². The van der Waals surface area contributed by atoms with E-state index in [4.69, 9.17) is 18.9 Å². The van der Waals surface area contributed by atoms with Gasteiger partial charge in [0.25, 0.3) is 0 Å². The van der Waals surface area contributed by atoms with Gasteiger partial charge in [0.1, 0.15) is 48.8 Å². The Kier molecular flexibility index (Phi) is 43.4. The van der Waals surface area contributed by atoms with Crippen LogP contribution in [0.4, 0.5) is 0 Å². The molecule has 0 saturated carbocycles. The molecule has 12 atom stereocenters. The molecule has 2 aliphatic rings. The third-order valence-electron chi connectivity index (χ3n) is 15.5. The smallest absolute Gasteiger partial charge is 0.220 e. The van der Waals surface area contributed by atoms with Gasteiger partial charge in [-0.2, -0.15) is 0 Å². The molecular formula is C60H115NO13. The number of ether oxygens (including phenoxy) is 4. The Hall–Kier alpha value is -1.27. The molecule has 74 heavy (non-hydrogen) atoms. The molecule has 0 aromatic carbocycles. The number of nitrogens with one attached hydrogen (secondary N) is 1. The van der Waals surface area contributed by atoms with Gasteiger partial charge in [-0.05, 0) is 19.3 Å². The molecule has 2 heterocycles. The number of amides is 1. The minimum absolute atomic E-state index is 0.233. The van der Waals surface area contributed by atoms with Crippen LogP contribution < -0.4 is 5.32 Å². The summed E-state index contributed by atoms with van der Waals surface area (Å²) in [5.74, 6) is -0.233. The molecule has 1 amide bonds. The molecule has 12 unspecified atom stereocenters. The molecule has 0 bridgehead atoms. The fourth-order valence-electron chi connectivity index (χ4n) is 10.5. The summed E-state index contributed by atoms with van der Waals surface area (Å²) < 4.78 is 22.8. The highest BCUT2D eigenvalue weighted by molar-refractivity contribution is 5.76. The number of allylic oxidation sites excluding steroid dienone is 1. The van der Waals surface area contributed by atoms with E-state index in [0.717, 1.165) is 38.5 Å². The van der Waals surface area contributed by atoms with Gasteiger partial charge >= 0.3 is 0 Å². The predicted octanol–water partition coefficient (Wildman–Crippen LogP) is 10.7. The molecule has 438 valence electrons. The lowest BCUT2D eigenvalue weighted by atomic mass is 9.97. The van der Waals surface area contributed by atoms with E-state index in [0.29, 0.717) is 6.42 Å². The molecule has 0 radical (unpaired) electrons. The van der Waals surface area contributed by atoms with E-state index in [1.807, 2.05) is 6.08 Å². The van der Waals surface area contributed by atoms with Gasteiger partial charge in [-0.15, -0.1) is 0 Å². The van der Waals surface area contributed by atoms with Crippen molar-refractivity contribution in [1.82, 2.24) is 5.32 Å². The Morgan fingerprint density at radius 2 is 0.838 bits per heavy atom. The fourth-order valence-corrected chi connectivity index (χ4v) is 10.5. The fraction of sp³-hybridized carbons (Fsp3) is 0.950. The second-order valence-electron chi connectivity index (χ2n) is 22.2. The minimum Gasteiger partial charge on any atom is -0.394 e. The standard InChI is InChI=1S/C60H115NO13/c1-3-5-7-9-11-13-15-17-19-21-23-24-26-27-29-31-33-35-37-39-41-43-49(64)48(61-52(65)44-42-40-38-36-34-32-30-28-25-22-20-18-16-14-12-10-8-6-4-2)47-71-59-57(70)55(68)58(51(46-63)73-59)74-60-56(69)54(67)53(66)50(45-62)72-60/h41,43,48-51,53-60,62-64,66-70H,3-40,42,44-47H2,1-2H3,(H,61,65)/b43-41+. The number of aliphatic hydroxyl groups excluding tert-OH is 8. The first-order chi connectivity index (χ1) is 36.1. The first kappa shape index (κ1) is 68.8. The summed E-state index contributed by atoms with van der Waals surface area (Å²) in [7, 11) is 0. The molecule has 2 rings (SSSR count). The van der Waals surface area contributed by atoms with Crippen molar-refractivity contribution in [3.05, 3.63) is 12.2 Å². The summed E-state index contributed by atoms with van der Waals surface area (Å²) >= 11 is 0. The summed E-state index contributed by atoms with van der Waals surface area (Å²) in [5.41, 5.74) is 0. The minimum atomic E-state index is -1.79. The SMILES string of the molecule is CCCCCCCCCCCCCCCCCCCCC/C=C/C(O)C(COC1OC(CO)C(OC2OC(CO)C(O)C(O)C2O)C(O)C1O)NC(=O)CCCCCCCCCCCCCCCCCCCCC. The molecule has 14 nitrogen and oxygen atoms in total. The van der Waals surface area contributed by atoms with Crippen LogP contribution in [0.3, 0.4) is 0 Å². The van der Waals surface area contributed by atoms with E-state index >= 15 is 0 Å². The monoisotopic (exact) mass is 1060 g/mol. The molecule has 2 fully saturated rings. The second kappa shape index (κ2) is 46.6. The summed E-state index contributed by atoms with van der Waals surface area (Å²) in [6, 6.07) is -0.909. The van der Waals surface area contributed by atoms with Gasteiger partial charge in [0, 0.05) is 6.42 Å². The molecular weight excluding hydrogens is 943 g/mol. The zero-order chi connectivity index (χ0) is 53.9. The van der Waals surface area contributed by atoms with Gasteiger partial charge in [-0.25, -0.2) is 0 Å². The van der Waals surface area contributed by atoms with Crippen molar-refractivity contribution in [2.24, 2.45) is 0 Å². The molecule has 9 N–H and O–H groups in total. The molecule has 0 aliphatic carbocycles. The number of carbonyl (C=O) groups excluding carboxylic acids is 1. The average Bonchev–Trinajstić information content (AvgIpc) is 3.40. The number of hydrogen-bond donors (Lipinski definition) is 9. The highest BCUT2D eigenvalue weighted by Gasteiger charge is 2.51. The molecule has 0 aromatic heterocycles. The van der Waals surface area contributed by atoms with E-state index in [2.05, 4.69) is 19.2 Å². The zero-order valence-electron chi connectivity index (χ0n) is 47.1.